The number of nitrogens with zero attached hydrogens (tertiary/aromatic N) is 5. The molecule has 0 atom stereocenters. The molecule has 12 heteroatoms. The zero-order valence-electron chi connectivity index (χ0n) is 16.4. The van der Waals surface area contributed by atoms with Gasteiger partial charge in [-0.25, -0.2) is 14.8 Å². The summed E-state index contributed by atoms with van der Waals surface area (Å²) >= 11 is 1.09. The molecular formula is C18H20N6O5S. The molecule has 3 aromatic rings. The normalized spacial score (nSPS) is 14.3. The van der Waals surface area contributed by atoms with Crippen LogP contribution in [0.25, 0.3) is 16.2 Å². The van der Waals surface area contributed by atoms with E-state index >= 15 is 0 Å². The first-order valence-corrected chi connectivity index (χ1v) is 9.95. The molecule has 0 spiro atoms. The van der Waals surface area contributed by atoms with Crippen LogP contribution in [0.1, 0.15) is 15.9 Å². The summed E-state index contributed by atoms with van der Waals surface area (Å²) < 4.78 is 10.4. The number of aromatic nitrogens is 4. The van der Waals surface area contributed by atoms with E-state index < -0.39 is 11.4 Å². The van der Waals surface area contributed by atoms with Crippen molar-refractivity contribution >= 4 is 34.4 Å². The van der Waals surface area contributed by atoms with Crippen molar-refractivity contribution in [1.82, 2.24) is 24.4 Å². The summed E-state index contributed by atoms with van der Waals surface area (Å²) in [5.41, 5.74) is 3.08. The van der Waals surface area contributed by atoms with Gasteiger partial charge in [0.25, 0.3) is 0 Å². The minimum Gasteiger partial charge on any atom is -0.477 e. The minimum atomic E-state index is -1.30. The lowest BCUT2D eigenvalue weighted by Crippen LogP contribution is -2.58. The molecule has 0 bridgehead atoms. The van der Waals surface area contributed by atoms with Crippen LogP contribution in [0.4, 0.5) is 5.82 Å². The number of aromatic carboxylic acids is 1. The number of carboxylic acids is 1. The number of ether oxygens (including phenoxy) is 1. The fourth-order valence-electron chi connectivity index (χ4n) is 3.25. The van der Waals surface area contributed by atoms with Crippen molar-refractivity contribution < 1.29 is 19.5 Å². The number of hydrogen-bond donors (Lipinski definition) is 2. The second-order valence-corrected chi connectivity index (χ2v) is 7.59. The van der Waals surface area contributed by atoms with Gasteiger partial charge < -0.3 is 14.7 Å². The number of aryl methyl sites for hydroxylation is 1. The lowest BCUT2D eigenvalue weighted by atomic mass is 10.1. The Balaban J connectivity index is 1.68. The predicted octanol–water partition coefficient (Wildman–Crippen LogP) is 0.600. The van der Waals surface area contributed by atoms with E-state index in [1.807, 2.05) is 4.90 Å². The third-order valence-electron chi connectivity index (χ3n) is 4.77. The van der Waals surface area contributed by atoms with E-state index in [9.17, 15) is 14.7 Å². The number of pyridine rings is 2. The molecule has 1 aliphatic rings. The fourth-order valence-corrected chi connectivity index (χ4v) is 3.76. The van der Waals surface area contributed by atoms with E-state index in [-0.39, 0.29) is 17.0 Å². The molecule has 11 nitrogen and oxygen atoms in total. The van der Waals surface area contributed by atoms with Crippen molar-refractivity contribution in [3.8, 4) is 5.13 Å². The number of nitrogens with one attached hydrogen (secondary N) is 1. The molecule has 1 aliphatic heterocycles. The number of hydroxylamine groups is 1. The number of rotatable bonds is 8. The Kier molecular flexibility index (Phi) is 5.72. The van der Waals surface area contributed by atoms with E-state index in [0.717, 1.165) is 11.5 Å². The van der Waals surface area contributed by atoms with Crippen LogP contribution < -0.4 is 15.8 Å². The summed E-state index contributed by atoms with van der Waals surface area (Å²) in [4.78, 5) is 40.6. The van der Waals surface area contributed by atoms with Gasteiger partial charge >= 0.3 is 5.97 Å². The Hall–Kier alpha value is -2.93. The number of methoxy groups -OCH3 is 1. The SMILES string of the molecule is COCCONC1CN(c2cc(C)c3c(=O)c(C(=O)O)cn(-c4ncns4)c3n2)C1. The maximum absolute atomic E-state index is 12.8. The molecular weight excluding hydrogens is 412 g/mol. The molecule has 0 aromatic carbocycles. The van der Waals surface area contributed by atoms with Gasteiger partial charge in [-0.15, -0.1) is 0 Å². The number of hydrogen-bond acceptors (Lipinski definition) is 10. The van der Waals surface area contributed by atoms with Gasteiger partial charge in [-0.05, 0) is 18.6 Å². The second-order valence-electron chi connectivity index (χ2n) is 6.83. The summed E-state index contributed by atoms with van der Waals surface area (Å²) in [6.45, 7) is 4.10. The molecule has 0 saturated carbocycles. The highest BCUT2D eigenvalue weighted by Gasteiger charge is 2.29. The Morgan fingerprint density at radius 2 is 2.20 bits per heavy atom. The first-order chi connectivity index (χ1) is 14.5. The van der Waals surface area contributed by atoms with E-state index in [4.69, 9.17) is 9.57 Å². The molecule has 0 amide bonds. The largest absolute Gasteiger partial charge is 0.477 e. The van der Waals surface area contributed by atoms with Crippen LogP contribution in [0.3, 0.4) is 0 Å². The zero-order chi connectivity index (χ0) is 21.3. The third kappa shape index (κ3) is 3.77. The van der Waals surface area contributed by atoms with Crippen LogP contribution in [0.2, 0.25) is 0 Å². The highest BCUT2D eigenvalue weighted by Crippen LogP contribution is 2.26. The highest BCUT2D eigenvalue weighted by atomic mass is 32.1. The van der Waals surface area contributed by atoms with Crippen LogP contribution >= 0.6 is 11.5 Å². The van der Waals surface area contributed by atoms with Crippen molar-refractivity contribution in [2.75, 3.05) is 38.3 Å². The van der Waals surface area contributed by atoms with E-state index in [1.165, 1.54) is 17.1 Å². The lowest BCUT2D eigenvalue weighted by molar-refractivity contribution is -0.0167. The van der Waals surface area contributed by atoms with Gasteiger partial charge in [0.2, 0.25) is 10.6 Å². The van der Waals surface area contributed by atoms with Crippen LogP contribution in [0, 0.1) is 6.92 Å². The molecule has 4 rings (SSSR count). The minimum absolute atomic E-state index is 0.152. The number of fused-ring (bicyclic) bond motifs is 1. The molecule has 3 aromatic heterocycles. The quantitative estimate of drug-likeness (QED) is 0.385. The van der Waals surface area contributed by atoms with Crippen molar-refractivity contribution in [3.05, 3.63) is 39.9 Å². The highest BCUT2D eigenvalue weighted by molar-refractivity contribution is 7.08. The summed E-state index contributed by atoms with van der Waals surface area (Å²) in [7, 11) is 1.61. The Morgan fingerprint density at radius 3 is 2.87 bits per heavy atom. The second kappa shape index (κ2) is 8.44. The maximum atomic E-state index is 12.8. The van der Waals surface area contributed by atoms with Crippen LogP contribution in [0.5, 0.6) is 0 Å². The molecule has 1 fully saturated rings. The van der Waals surface area contributed by atoms with Crippen molar-refractivity contribution in [2.45, 2.75) is 13.0 Å². The Morgan fingerprint density at radius 1 is 1.40 bits per heavy atom. The van der Waals surface area contributed by atoms with E-state index in [0.29, 0.717) is 48.5 Å². The van der Waals surface area contributed by atoms with Crippen LogP contribution in [-0.2, 0) is 9.57 Å². The van der Waals surface area contributed by atoms with Gasteiger partial charge in [0.1, 0.15) is 17.7 Å². The predicted molar refractivity (Wildman–Crippen MR) is 109 cm³/mol. The summed E-state index contributed by atoms with van der Waals surface area (Å²) in [6.07, 6.45) is 2.63. The molecule has 30 heavy (non-hydrogen) atoms. The number of carboxylic acid groups (broad SMARTS) is 1. The topological polar surface area (TPSA) is 132 Å². The Labute approximate surface area is 175 Å². The molecule has 2 N–H and O–H groups in total. The summed E-state index contributed by atoms with van der Waals surface area (Å²) in [6, 6.07) is 1.95. The molecule has 1 saturated heterocycles. The van der Waals surface area contributed by atoms with Gasteiger partial charge in [0, 0.05) is 37.9 Å². The van der Waals surface area contributed by atoms with Gasteiger partial charge in [0.05, 0.1) is 24.6 Å². The summed E-state index contributed by atoms with van der Waals surface area (Å²) in [5.74, 6) is -0.607. The van der Waals surface area contributed by atoms with Crippen LogP contribution in [0.15, 0.2) is 23.4 Å². The smallest absolute Gasteiger partial charge is 0.341 e. The van der Waals surface area contributed by atoms with Crippen molar-refractivity contribution in [3.63, 3.8) is 0 Å². The van der Waals surface area contributed by atoms with Gasteiger partial charge in [0.15, 0.2) is 5.65 Å². The zero-order valence-corrected chi connectivity index (χ0v) is 17.2. The average molecular weight is 432 g/mol. The lowest BCUT2D eigenvalue weighted by Gasteiger charge is -2.40. The van der Waals surface area contributed by atoms with Gasteiger partial charge in [-0.1, -0.05) is 0 Å². The third-order valence-corrected chi connectivity index (χ3v) is 5.44. The maximum Gasteiger partial charge on any atom is 0.341 e. The van der Waals surface area contributed by atoms with Crippen molar-refractivity contribution in [1.29, 1.82) is 0 Å². The molecule has 158 valence electrons. The monoisotopic (exact) mass is 432 g/mol. The Bertz CT molecular complexity index is 1130. The van der Waals surface area contributed by atoms with Gasteiger partial charge in [-0.2, -0.15) is 9.85 Å². The first kappa shape index (κ1) is 20.3. The molecule has 4 heterocycles. The van der Waals surface area contributed by atoms with Crippen LogP contribution in [-0.4, -0.2) is 69.4 Å². The number of anilines is 1. The summed E-state index contributed by atoms with van der Waals surface area (Å²) in [5, 5.41) is 10.1. The molecule has 0 radical (unpaired) electrons. The van der Waals surface area contributed by atoms with Crippen molar-refractivity contribution in [2.24, 2.45) is 0 Å². The van der Waals surface area contributed by atoms with E-state index in [2.05, 4.69) is 19.8 Å². The first-order valence-electron chi connectivity index (χ1n) is 9.18. The number of carbonyl (C=O) groups is 1. The van der Waals surface area contributed by atoms with Gasteiger partial charge in [-0.3, -0.25) is 14.2 Å². The van der Waals surface area contributed by atoms with E-state index in [1.54, 1.807) is 20.1 Å². The molecule has 0 aliphatic carbocycles. The molecule has 0 unspecified atom stereocenters. The fraction of sp³-hybridized carbons (Fsp3) is 0.389. The standard InChI is InChI=1S/C18H20N6O5S/c1-10-5-13(23-6-11(7-23)22-29-4-3-28-2)21-16-14(10)15(25)12(17(26)27)8-24(16)18-19-9-20-30-18/h5,8-9,11,22H,3-4,6-7H2,1-2H3,(H,26,27). The average Bonchev–Trinajstić information content (AvgIpc) is 3.20.